The fraction of sp³-hybridized carbons (Fsp3) is 0.364. The van der Waals surface area contributed by atoms with Gasteiger partial charge < -0.3 is 10.1 Å². The van der Waals surface area contributed by atoms with E-state index < -0.39 is 0 Å². The highest BCUT2D eigenvalue weighted by molar-refractivity contribution is 5.37. The fourth-order valence-corrected chi connectivity index (χ4v) is 3.38. The maximum Gasteiger partial charge on any atom is 0.124 e. The highest BCUT2D eigenvalue weighted by Gasteiger charge is 2.24. The summed E-state index contributed by atoms with van der Waals surface area (Å²) in [7, 11) is 0. The Kier molecular flexibility index (Phi) is 6.26. The second-order valence-corrected chi connectivity index (χ2v) is 6.78. The molecule has 0 saturated carbocycles. The molecule has 25 heavy (non-hydrogen) atoms. The highest BCUT2D eigenvalue weighted by Crippen LogP contribution is 2.34. The van der Waals surface area contributed by atoms with Gasteiger partial charge in [0, 0.05) is 37.8 Å². The smallest absolute Gasteiger partial charge is 0.124 e. The summed E-state index contributed by atoms with van der Waals surface area (Å²) in [5.74, 6) is 0.983. The molecule has 3 nitrogen and oxygen atoms in total. The van der Waals surface area contributed by atoms with Crippen LogP contribution in [0.1, 0.15) is 30.5 Å². The summed E-state index contributed by atoms with van der Waals surface area (Å²) < 4.78 is 6.20. The van der Waals surface area contributed by atoms with E-state index in [1.807, 2.05) is 6.07 Å². The summed E-state index contributed by atoms with van der Waals surface area (Å²) in [5, 5.41) is 3.44. The zero-order valence-corrected chi connectivity index (χ0v) is 15.1. The number of nitrogens with one attached hydrogen (secondary N) is 1. The first kappa shape index (κ1) is 17.7. The molecule has 1 saturated heterocycles. The molecule has 1 atom stereocenters. The minimum absolute atomic E-state index is 0.326. The van der Waals surface area contributed by atoms with E-state index in [-0.39, 0.29) is 0 Å². The molecule has 1 N–H and O–H groups in total. The summed E-state index contributed by atoms with van der Waals surface area (Å²) in [4.78, 5) is 2.55. The summed E-state index contributed by atoms with van der Waals surface area (Å²) in [6, 6.07) is 19.1. The van der Waals surface area contributed by atoms with Crippen LogP contribution < -0.4 is 10.1 Å². The van der Waals surface area contributed by atoms with Gasteiger partial charge in [0.1, 0.15) is 12.4 Å². The van der Waals surface area contributed by atoms with E-state index >= 15 is 0 Å². The van der Waals surface area contributed by atoms with Gasteiger partial charge in [0.05, 0.1) is 0 Å². The molecular weight excluding hydrogens is 308 g/mol. The molecule has 2 aromatic carbocycles. The van der Waals surface area contributed by atoms with Gasteiger partial charge in [0.15, 0.2) is 0 Å². The van der Waals surface area contributed by atoms with Crippen molar-refractivity contribution in [3.05, 3.63) is 77.9 Å². The van der Waals surface area contributed by atoms with Crippen LogP contribution in [0.2, 0.25) is 0 Å². The van der Waals surface area contributed by atoms with Crippen molar-refractivity contribution in [3.8, 4) is 5.75 Å². The lowest BCUT2D eigenvalue weighted by Gasteiger charge is -2.36. The predicted molar refractivity (Wildman–Crippen MR) is 104 cm³/mol. The third kappa shape index (κ3) is 4.94. The van der Waals surface area contributed by atoms with Crippen molar-refractivity contribution in [3.63, 3.8) is 0 Å². The van der Waals surface area contributed by atoms with Crippen LogP contribution in [-0.2, 0) is 6.61 Å². The van der Waals surface area contributed by atoms with Crippen LogP contribution in [0.25, 0.3) is 0 Å². The van der Waals surface area contributed by atoms with Crippen molar-refractivity contribution in [1.29, 1.82) is 0 Å². The number of rotatable bonds is 7. The minimum Gasteiger partial charge on any atom is -0.489 e. The Labute approximate surface area is 151 Å². The fourth-order valence-electron chi connectivity index (χ4n) is 3.38. The molecule has 132 valence electrons. The molecule has 3 heteroatoms. The van der Waals surface area contributed by atoms with Crippen LogP contribution in [0.3, 0.4) is 0 Å². The van der Waals surface area contributed by atoms with Crippen molar-refractivity contribution >= 4 is 0 Å². The van der Waals surface area contributed by atoms with Crippen LogP contribution in [0, 0.1) is 0 Å². The number of nitrogens with zero attached hydrogens (tertiary/aromatic N) is 1. The zero-order valence-electron chi connectivity index (χ0n) is 15.1. The van der Waals surface area contributed by atoms with Crippen molar-refractivity contribution < 1.29 is 4.74 Å². The van der Waals surface area contributed by atoms with E-state index in [1.54, 1.807) is 0 Å². The quantitative estimate of drug-likeness (QED) is 0.768. The number of piperazine rings is 1. The molecule has 0 aromatic heterocycles. The van der Waals surface area contributed by atoms with Gasteiger partial charge in [-0.2, -0.15) is 0 Å². The van der Waals surface area contributed by atoms with Crippen LogP contribution >= 0.6 is 0 Å². The molecule has 0 aliphatic carbocycles. The molecule has 0 bridgehead atoms. The standard InChI is InChI=1S/C22H28N2O/c1-18(2)16-21(24-14-12-23-13-15-24)20-10-6-7-11-22(20)25-17-19-8-4-3-5-9-19/h3-11,21,23H,1,12-17H2,2H3/t21-/m1/s1. The Morgan fingerprint density at radius 2 is 1.76 bits per heavy atom. The van der Waals surface area contributed by atoms with E-state index in [1.165, 1.54) is 16.7 Å². The van der Waals surface area contributed by atoms with Gasteiger partial charge in [-0.25, -0.2) is 0 Å². The summed E-state index contributed by atoms with van der Waals surface area (Å²) >= 11 is 0. The Morgan fingerprint density at radius 1 is 1.08 bits per heavy atom. The number of benzene rings is 2. The molecule has 1 aliphatic heterocycles. The average molecular weight is 336 g/mol. The van der Waals surface area contributed by atoms with Crippen LogP contribution in [0.5, 0.6) is 5.75 Å². The van der Waals surface area contributed by atoms with E-state index in [0.717, 1.165) is 38.3 Å². The number of para-hydroxylation sites is 1. The van der Waals surface area contributed by atoms with E-state index in [2.05, 4.69) is 72.3 Å². The normalized spacial score (nSPS) is 16.4. The molecule has 0 unspecified atom stereocenters. The van der Waals surface area contributed by atoms with Crippen molar-refractivity contribution in [1.82, 2.24) is 10.2 Å². The largest absolute Gasteiger partial charge is 0.489 e. The second-order valence-electron chi connectivity index (χ2n) is 6.78. The molecule has 2 aromatic rings. The summed E-state index contributed by atoms with van der Waals surface area (Å²) in [6.45, 7) is 11.1. The number of hydrogen-bond donors (Lipinski definition) is 1. The molecule has 1 heterocycles. The van der Waals surface area contributed by atoms with E-state index in [0.29, 0.717) is 12.6 Å². The van der Waals surface area contributed by atoms with Crippen LogP contribution in [0.4, 0.5) is 0 Å². The Balaban J connectivity index is 1.81. The minimum atomic E-state index is 0.326. The Bertz CT molecular complexity index is 677. The molecular formula is C22H28N2O. The Morgan fingerprint density at radius 3 is 2.48 bits per heavy atom. The van der Waals surface area contributed by atoms with E-state index in [4.69, 9.17) is 4.74 Å². The monoisotopic (exact) mass is 336 g/mol. The number of ether oxygens (including phenoxy) is 1. The topological polar surface area (TPSA) is 24.5 Å². The second kappa shape index (κ2) is 8.84. The lowest BCUT2D eigenvalue weighted by Crippen LogP contribution is -2.45. The van der Waals surface area contributed by atoms with E-state index in [9.17, 15) is 0 Å². The SMILES string of the molecule is C=C(C)C[C@H](c1ccccc1OCc1ccccc1)N1CCNCC1. The van der Waals surface area contributed by atoms with Crippen molar-refractivity contribution in [2.75, 3.05) is 26.2 Å². The molecule has 0 radical (unpaired) electrons. The Hall–Kier alpha value is -2.10. The van der Waals surface area contributed by atoms with Gasteiger partial charge in [-0.05, 0) is 25.0 Å². The van der Waals surface area contributed by atoms with Gasteiger partial charge in [0.2, 0.25) is 0 Å². The molecule has 0 spiro atoms. The van der Waals surface area contributed by atoms with Gasteiger partial charge >= 0.3 is 0 Å². The van der Waals surface area contributed by atoms with Gasteiger partial charge in [-0.3, -0.25) is 4.90 Å². The first-order valence-corrected chi connectivity index (χ1v) is 9.09. The first-order chi connectivity index (χ1) is 12.2. The zero-order chi connectivity index (χ0) is 17.5. The van der Waals surface area contributed by atoms with Crippen molar-refractivity contribution in [2.45, 2.75) is 26.0 Å². The molecule has 3 rings (SSSR count). The number of hydrogen-bond acceptors (Lipinski definition) is 3. The van der Waals surface area contributed by atoms with Gasteiger partial charge in [0.25, 0.3) is 0 Å². The van der Waals surface area contributed by atoms with Gasteiger partial charge in [-0.15, -0.1) is 6.58 Å². The van der Waals surface area contributed by atoms with Crippen LogP contribution in [-0.4, -0.2) is 31.1 Å². The molecule has 1 fully saturated rings. The highest BCUT2D eigenvalue weighted by atomic mass is 16.5. The third-order valence-electron chi connectivity index (χ3n) is 4.65. The third-order valence-corrected chi connectivity index (χ3v) is 4.65. The van der Waals surface area contributed by atoms with Gasteiger partial charge in [-0.1, -0.05) is 54.1 Å². The first-order valence-electron chi connectivity index (χ1n) is 9.09. The van der Waals surface area contributed by atoms with Crippen LogP contribution in [0.15, 0.2) is 66.7 Å². The molecule has 0 amide bonds. The maximum atomic E-state index is 6.20. The lowest BCUT2D eigenvalue weighted by atomic mass is 9.97. The maximum absolute atomic E-state index is 6.20. The predicted octanol–water partition coefficient (Wildman–Crippen LogP) is 4.18. The molecule has 1 aliphatic rings. The summed E-state index contributed by atoms with van der Waals surface area (Å²) in [5.41, 5.74) is 3.67. The summed E-state index contributed by atoms with van der Waals surface area (Å²) in [6.07, 6.45) is 0.964. The average Bonchev–Trinajstić information content (AvgIpc) is 2.66. The van der Waals surface area contributed by atoms with Crippen molar-refractivity contribution in [2.24, 2.45) is 0 Å². The lowest BCUT2D eigenvalue weighted by molar-refractivity contribution is 0.167.